The van der Waals surface area contributed by atoms with Gasteiger partial charge in [-0.3, -0.25) is 9.48 Å². The van der Waals surface area contributed by atoms with Gasteiger partial charge in [0.25, 0.3) is 0 Å². The summed E-state index contributed by atoms with van der Waals surface area (Å²) in [6.07, 6.45) is 1.65. The molecule has 162 valence electrons. The summed E-state index contributed by atoms with van der Waals surface area (Å²) >= 11 is 0. The van der Waals surface area contributed by atoms with E-state index in [2.05, 4.69) is 10.1 Å². The van der Waals surface area contributed by atoms with Gasteiger partial charge in [0, 0.05) is 25.7 Å². The summed E-state index contributed by atoms with van der Waals surface area (Å²) in [5, 5.41) is 5.16. The Kier molecular flexibility index (Phi) is 4.76. The van der Waals surface area contributed by atoms with Crippen molar-refractivity contribution in [1.82, 2.24) is 19.7 Å². The number of benzene rings is 1. The molecule has 3 aromatic rings. The number of carbonyl (C=O) groups is 1. The number of piperidine rings is 1. The van der Waals surface area contributed by atoms with Crippen LogP contribution in [0.4, 0.5) is 11.8 Å². The second kappa shape index (κ2) is 7.60. The number of carbonyl (C=O) groups excluding carboxylic acids is 1. The number of nitrogens with zero attached hydrogens (tertiary/aromatic N) is 5. The Morgan fingerprint density at radius 2 is 2.13 bits per heavy atom. The SMILES string of the molecule is CCOC(=O)[C@H]1CCCN(c2nc(-c3ccc4c(c3)OCO4)c3c(N)n(C)nc3n2)C1. The van der Waals surface area contributed by atoms with Crippen LogP contribution in [0.5, 0.6) is 11.5 Å². The number of aromatic nitrogens is 4. The quantitative estimate of drug-likeness (QED) is 0.628. The molecule has 1 aromatic carbocycles. The monoisotopic (exact) mass is 424 g/mol. The molecule has 0 bridgehead atoms. The van der Waals surface area contributed by atoms with Gasteiger partial charge in [0.05, 0.1) is 23.6 Å². The van der Waals surface area contributed by atoms with Crippen LogP contribution in [0.25, 0.3) is 22.3 Å². The lowest BCUT2D eigenvalue weighted by atomic mass is 9.98. The smallest absolute Gasteiger partial charge is 0.310 e. The van der Waals surface area contributed by atoms with Gasteiger partial charge in [-0.05, 0) is 38.0 Å². The van der Waals surface area contributed by atoms with Crippen molar-refractivity contribution in [2.75, 3.05) is 37.1 Å². The average molecular weight is 424 g/mol. The van der Waals surface area contributed by atoms with Gasteiger partial charge in [0.15, 0.2) is 17.1 Å². The standard InChI is InChI=1S/C21H24N6O4/c1-3-29-20(28)13-5-4-8-27(10-13)21-23-17(16-18(22)26(2)25-19(16)24-21)12-6-7-14-15(9-12)31-11-30-14/h6-7,9,13H,3-5,8,10-11,22H2,1-2H3/t13-/m0/s1. The van der Waals surface area contributed by atoms with Crippen LogP contribution in [-0.2, 0) is 16.6 Å². The van der Waals surface area contributed by atoms with E-state index in [0.717, 1.165) is 24.9 Å². The number of anilines is 2. The zero-order chi connectivity index (χ0) is 21.5. The molecule has 1 atom stereocenters. The number of aryl methyl sites for hydroxylation is 1. The zero-order valence-corrected chi connectivity index (χ0v) is 17.5. The maximum absolute atomic E-state index is 12.3. The van der Waals surface area contributed by atoms with Gasteiger partial charge in [-0.25, -0.2) is 4.98 Å². The molecular weight excluding hydrogens is 400 g/mol. The summed E-state index contributed by atoms with van der Waals surface area (Å²) in [6, 6.07) is 5.66. The van der Waals surface area contributed by atoms with E-state index in [1.807, 2.05) is 30.0 Å². The minimum atomic E-state index is -0.198. The highest BCUT2D eigenvalue weighted by atomic mass is 16.7. The molecule has 1 fully saturated rings. The molecule has 1 saturated heterocycles. The topological polar surface area (TPSA) is 118 Å². The molecule has 31 heavy (non-hydrogen) atoms. The van der Waals surface area contributed by atoms with Gasteiger partial charge in [-0.15, -0.1) is 0 Å². The number of hydrogen-bond acceptors (Lipinski definition) is 9. The van der Waals surface area contributed by atoms with Gasteiger partial charge >= 0.3 is 5.97 Å². The van der Waals surface area contributed by atoms with Crippen molar-refractivity contribution in [3.63, 3.8) is 0 Å². The lowest BCUT2D eigenvalue weighted by Crippen LogP contribution is -2.40. The van der Waals surface area contributed by atoms with Crippen LogP contribution in [0.1, 0.15) is 19.8 Å². The first-order valence-corrected chi connectivity index (χ1v) is 10.4. The minimum absolute atomic E-state index is 0.175. The van der Waals surface area contributed by atoms with Crippen LogP contribution >= 0.6 is 0 Å². The summed E-state index contributed by atoms with van der Waals surface area (Å²) < 4.78 is 17.8. The molecular formula is C21H24N6O4. The molecule has 2 aliphatic rings. The summed E-state index contributed by atoms with van der Waals surface area (Å²) in [4.78, 5) is 23.8. The van der Waals surface area contributed by atoms with Crippen molar-refractivity contribution >= 4 is 28.8 Å². The predicted molar refractivity (Wildman–Crippen MR) is 114 cm³/mol. The molecule has 2 aromatic heterocycles. The third-order valence-corrected chi connectivity index (χ3v) is 5.70. The maximum Gasteiger partial charge on any atom is 0.310 e. The molecule has 5 rings (SSSR count). The Labute approximate surface area is 178 Å². The molecule has 0 spiro atoms. The van der Waals surface area contributed by atoms with E-state index in [1.54, 1.807) is 11.7 Å². The van der Waals surface area contributed by atoms with E-state index < -0.39 is 0 Å². The molecule has 0 radical (unpaired) electrons. The molecule has 0 aliphatic carbocycles. The number of esters is 1. The summed E-state index contributed by atoms with van der Waals surface area (Å²) in [5.41, 5.74) is 8.31. The van der Waals surface area contributed by atoms with Gasteiger partial charge in [-0.2, -0.15) is 10.1 Å². The summed E-state index contributed by atoms with van der Waals surface area (Å²) in [6.45, 7) is 3.65. The number of nitrogens with two attached hydrogens (primary N) is 1. The van der Waals surface area contributed by atoms with Crippen molar-refractivity contribution in [2.45, 2.75) is 19.8 Å². The predicted octanol–water partition coefficient (Wildman–Crippen LogP) is 2.12. The normalized spacial score (nSPS) is 17.9. The molecule has 0 unspecified atom stereocenters. The van der Waals surface area contributed by atoms with Crippen molar-refractivity contribution in [3.8, 4) is 22.8 Å². The van der Waals surface area contributed by atoms with E-state index in [0.29, 0.717) is 53.1 Å². The number of nitrogen functional groups attached to an aromatic ring is 1. The lowest BCUT2D eigenvalue weighted by Gasteiger charge is -2.31. The van der Waals surface area contributed by atoms with Crippen LogP contribution in [0.2, 0.25) is 0 Å². The van der Waals surface area contributed by atoms with E-state index >= 15 is 0 Å². The molecule has 10 heteroatoms. The van der Waals surface area contributed by atoms with Crippen LogP contribution in [0.15, 0.2) is 18.2 Å². The summed E-state index contributed by atoms with van der Waals surface area (Å²) in [7, 11) is 1.78. The second-order valence-corrected chi connectivity index (χ2v) is 7.68. The molecule has 0 amide bonds. The highest BCUT2D eigenvalue weighted by molar-refractivity contribution is 5.99. The highest BCUT2D eigenvalue weighted by Gasteiger charge is 2.29. The van der Waals surface area contributed by atoms with Crippen molar-refractivity contribution in [1.29, 1.82) is 0 Å². The minimum Gasteiger partial charge on any atom is -0.466 e. The molecule has 0 saturated carbocycles. The molecule has 2 aliphatic heterocycles. The highest BCUT2D eigenvalue weighted by Crippen LogP contribution is 2.39. The first-order valence-electron chi connectivity index (χ1n) is 10.4. The number of hydrogen-bond donors (Lipinski definition) is 1. The van der Waals surface area contributed by atoms with Crippen LogP contribution < -0.4 is 20.1 Å². The van der Waals surface area contributed by atoms with Crippen LogP contribution in [-0.4, -0.2) is 52.2 Å². The van der Waals surface area contributed by atoms with Crippen molar-refractivity contribution < 1.29 is 19.0 Å². The maximum atomic E-state index is 12.3. The van der Waals surface area contributed by atoms with Gasteiger partial charge in [0.2, 0.25) is 12.7 Å². The number of fused-ring (bicyclic) bond motifs is 2. The van der Waals surface area contributed by atoms with Gasteiger partial charge < -0.3 is 24.8 Å². The summed E-state index contributed by atoms with van der Waals surface area (Å²) in [5.74, 6) is 1.99. The Balaban J connectivity index is 1.58. The molecule has 4 heterocycles. The fourth-order valence-electron chi connectivity index (χ4n) is 4.11. The van der Waals surface area contributed by atoms with Gasteiger partial charge in [0.1, 0.15) is 5.82 Å². The Hall–Kier alpha value is -3.56. The third-order valence-electron chi connectivity index (χ3n) is 5.70. The Bertz CT molecular complexity index is 1160. The van der Waals surface area contributed by atoms with Crippen molar-refractivity contribution in [3.05, 3.63) is 18.2 Å². The van der Waals surface area contributed by atoms with Crippen LogP contribution in [0.3, 0.4) is 0 Å². The lowest BCUT2D eigenvalue weighted by molar-refractivity contribution is -0.148. The van der Waals surface area contributed by atoms with E-state index in [4.69, 9.17) is 24.9 Å². The number of ether oxygens (including phenoxy) is 3. The fourth-order valence-corrected chi connectivity index (χ4v) is 4.11. The van der Waals surface area contributed by atoms with Crippen LogP contribution in [0, 0.1) is 5.92 Å². The van der Waals surface area contributed by atoms with Gasteiger partial charge in [-0.1, -0.05) is 0 Å². The third kappa shape index (κ3) is 3.37. The fraction of sp³-hybridized carbons (Fsp3) is 0.429. The number of rotatable bonds is 4. The first kappa shape index (κ1) is 19.4. The Morgan fingerprint density at radius 1 is 1.29 bits per heavy atom. The van der Waals surface area contributed by atoms with E-state index in [9.17, 15) is 4.79 Å². The average Bonchev–Trinajstić information content (AvgIpc) is 3.37. The Morgan fingerprint density at radius 3 is 2.97 bits per heavy atom. The van der Waals surface area contributed by atoms with E-state index in [-0.39, 0.29) is 18.7 Å². The zero-order valence-electron chi connectivity index (χ0n) is 17.5. The molecule has 2 N–H and O–H groups in total. The van der Waals surface area contributed by atoms with E-state index in [1.165, 1.54) is 0 Å². The largest absolute Gasteiger partial charge is 0.466 e. The molecule has 10 nitrogen and oxygen atoms in total. The van der Waals surface area contributed by atoms with Crippen molar-refractivity contribution in [2.24, 2.45) is 13.0 Å². The second-order valence-electron chi connectivity index (χ2n) is 7.68. The first-order chi connectivity index (χ1) is 15.0.